The molecule has 0 amide bonds. The Labute approximate surface area is 161 Å². The molecule has 0 spiro atoms. The Morgan fingerprint density at radius 3 is 2.41 bits per heavy atom. The minimum absolute atomic E-state index is 0.0403. The van der Waals surface area contributed by atoms with Gasteiger partial charge in [-0.3, -0.25) is 4.79 Å². The number of benzene rings is 1. The number of ether oxygens (including phenoxy) is 1. The molecule has 5 heteroatoms. The molecule has 1 fully saturated rings. The van der Waals surface area contributed by atoms with Crippen LogP contribution < -0.4 is 4.74 Å². The third-order valence-corrected chi connectivity index (χ3v) is 5.99. The summed E-state index contributed by atoms with van der Waals surface area (Å²) < 4.78 is 6.34. The Kier molecular flexibility index (Phi) is 6.48. The van der Waals surface area contributed by atoms with Gasteiger partial charge in [-0.1, -0.05) is 18.6 Å². The second kappa shape index (κ2) is 9.02. The van der Waals surface area contributed by atoms with Crippen molar-refractivity contribution in [1.82, 2.24) is 4.90 Å². The monoisotopic (exact) mass is 365 g/mol. The summed E-state index contributed by atoms with van der Waals surface area (Å²) in [6, 6.07) is 11.7. The number of rotatable bonds is 7. The van der Waals surface area contributed by atoms with Gasteiger partial charge in [0.2, 0.25) is 0 Å². The lowest BCUT2D eigenvalue weighted by atomic mass is 9.67. The summed E-state index contributed by atoms with van der Waals surface area (Å²) in [5.74, 6) is 0.675. The lowest BCUT2D eigenvalue weighted by Crippen LogP contribution is -2.50. The molecule has 1 aromatic rings. The minimum Gasteiger partial charge on any atom is -0.489 e. The molecule has 0 saturated carbocycles. The fraction of sp³-hybridized carbons (Fsp3) is 0.591. The van der Waals surface area contributed by atoms with E-state index in [0.29, 0.717) is 37.0 Å². The normalized spacial score (nSPS) is 21.6. The smallest absolute Gasteiger partial charge is 0.176 e. The predicted octanol–water partition coefficient (Wildman–Crippen LogP) is 4.10. The zero-order chi connectivity index (χ0) is 19.1. The predicted molar refractivity (Wildman–Crippen MR) is 102 cm³/mol. The minimum atomic E-state index is -0.782. The lowest BCUT2D eigenvalue weighted by Gasteiger charge is -2.43. The number of likely N-dealkylation sites (tertiary alicyclic amines) is 1. The molecule has 0 N–H and O–H groups in total. The largest absolute Gasteiger partial charge is 0.489 e. The van der Waals surface area contributed by atoms with Gasteiger partial charge in [-0.15, -0.1) is 0 Å². The number of hydrogen-bond acceptors (Lipinski definition) is 5. The van der Waals surface area contributed by atoms with Gasteiger partial charge in [0.25, 0.3) is 0 Å². The van der Waals surface area contributed by atoms with Crippen LogP contribution in [0.3, 0.4) is 0 Å². The number of ketones is 1. The van der Waals surface area contributed by atoms with E-state index in [0.717, 1.165) is 26.1 Å². The van der Waals surface area contributed by atoms with E-state index in [9.17, 15) is 4.79 Å². The van der Waals surface area contributed by atoms with Gasteiger partial charge >= 0.3 is 0 Å². The van der Waals surface area contributed by atoms with Crippen molar-refractivity contribution in [3.8, 4) is 17.9 Å². The van der Waals surface area contributed by atoms with Gasteiger partial charge in [0, 0.05) is 19.4 Å². The lowest BCUT2D eigenvalue weighted by molar-refractivity contribution is 0.00950. The molecule has 1 unspecified atom stereocenters. The fourth-order valence-corrected chi connectivity index (χ4v) is 4.49. The molecule has 0 bridgehead atoms. The first-order valence-electron chi connectivity index (χ1n) is 9.98. The van der Waals surface area contributed by atoms with E-state index in [2.05, 4.69) is 17.0 Å². The first kappa shape index (κ1) is 19.4. The van der Waals surface area contributed by atoms with E-state index >= 15 is 0 Å². The number of nitrogens with zero attached hydrogens (tertiary/aromatic N) is 3. The number of carbonyl (C=O) groups is 1. The molecule has 5 nitrogen and oxygen atoms in total. The summed E-state index contributed by atoms with van der Waals surface area (Å²) in [6.45, 7) is 3.09. The molecule has 2 aliphatic heterocycles. The first-order valence-corrected chi connectivity index (χ1v) is 9.98. The van der Waals surface area contributed by atoms with Gasteiger partial charge in [-0.2, -0.15) is 10.5 Å². The number of piperidine rings is 1. The van der Waals surface area contributed by atoms with E-state index in [-0.39, 0.29) is 11.9 Å². The Morgan fingerprint density at radius 1 is 1.07 bits per heavy atom. The molecule has 142 valence electrons. The van der Waals surface area contributed by atoms with Crippen molar-refractivity contribution < 1.29 is 9.53 Å². The summed E-state index contributed by atoms with van der Waals surface area (Å²) in [6.07, 6.45) is 5.68. The highest BCUT2D eigenvalue weighted by molar-refractivity contribution is 6.04. The molecule has 0 aliphatic carbocycles. The molecular weight excluding hydrogens is 338 g/mol. The van der Waals surface area contributed by atoms with E-state index in [4.69, 9.17) is 15.3 Å². The van der Waals surface area contributed by atoms with Gasteiger partial charge in [0.1, 0.15) is 11.9 Å². The van der Waals surface area contributed by atoms with E-state index < -0.39 is 5.41 Å². The van der Waals surface area contributed by atoms with Gasteiger partial charge in [0.05, 0.1) is 23.1 Å². The van der Waals surface area contributed by atoms with Gasteiger partial charge in [-0.05, 0) is 57.3 Å². The Morgan fingerprint density at radius 2 is 1.74 bits per heavy atom. The quantitative estimate of drug-likeness (QED) is 0.727. The Balaban J connectivity index is 1.88. The van der Waals surface area contributed by atoms with Crippen molar-refractivity contribution in [2.75, 3.05) is 19.6 Å². The van der Waals surface area contributed by atoms with Gasteiger partial charge in [0.15, 0.2) is 5.78 Å². The average molecular weight is 365 g/mol. The summed E-state index contributed by atoms with van der Waals surface area (Å²) >= 11 is 0. The summed E-state index contributed by atoms with van der Waals surface area (Å²) in [5.41, 5.74) is -0.196. The van der Waals surface area contributed by atoms with Crippen LogP contribution in [0.4, 0.5) is 0 Å². The molecule has 1 aromatic carbocycles. The van der Waals surface area contributed by atoms with Crippen LogP contribution in [0, 0.1) is 28.1 Å². The van der Waals surface area contributed by atoms with E-state index in [1.165, 1.54) is 19.3 Å². The summed E-state index contributed by atoms with van der Waals surface area (Å²) in [5, 5.41) is 18.3. The molecule has 3 rings (SSSR count). The zero-order valence-electron chi connectivity index (χ0n) is 15.8. The maximum atomic E-state index is 13.5. The number of para-hydroxylation sites is 1. The number of nitriles is 2. The maximum Gasteiger partial charge on any atom is 0.176 e. The molecule has 2 aliphatic rings. The molecule has 27 heavy (non-hydrogen) atoms. The molecule has 2 heterocycles. The molecule has 1 saturated heterocycles. The number of Topliss-reactive ketones (excluding diaryl/α,β-unsaturated/α-hetero) is 1. The first-order chi connectivity index (χ1) is 13.2. The average Bonchev–Trinajstić information content (AvgIpc) is 2.72. The highest BCUT2D eigenvalue weighted by Crippen LogP contribution is 2.46. The van der Waals surface area contributed by atoms with Crippen molar-refractivity contribution in [2.45, 2.75) is 57.5 Å². The van der Waals surface area contributed by atoms with Crippen molar-refractivity contribution in [3.05, 3.63) is 29.8 Å². The highest BCUT2D eigenvalue weighted by Gasteiger charge is 2.50. The van der Waals surface area contributed by atoms with Crippen molar-refractivity contribution in [1.29, 1.82) is 10.5 Å². The van der Waals surface area contributed by atoms with E-state index in [1.54, 1.807) is 6.07 Å². The number of hydrogen-bond donors (Lipinski definition) is 0. The van der Waals surface area contributed by atoms with Crippen LogP contribution >= 0.6 is 0 Å². The molecular formula is C22H27N3O2. The molecule has 0 radical (unpaired) electrons. The van der Waals surface area contributed by atoms with Crippen molar-refractivity contribution in [3.63, 3.8) is 0 Å². The van der Waals surface area contributed by atoms with Crippen LogP contribution in [0.15, 0.2) is 24.3 Å². The third kappa shape index (κ3) is 4.15. The van der Waals surface area contributed by atoms with Crippen LogP contribution in [-0.4, -0.2) is 36.4 Å². The van der Waals surface area contributed by atoms with Gasteiger partial charge in [-0.25, -0.2) is 0 Å². The van der Waals surface area contributed by atoms with Crippen LogP contribution in [0.5, 0.6) is 5.75 Å². The van der Waals surface area contributed by atoms with Crippen LogP contribution in [0.2, 0.25) is 0 Å². The second-order valence-electron chi connectivity index (χ2n) is 7.60. The van der Waals surface area contributed by atoms with Crippen LogP contribution in [-0.2, 0) is 0 Å². The van der Waals surface area contributed by atoms with E-state index in [1.807, 2.05) is 18.2 Å². The third-order valence-electron chi connectivity index (χ3n) is 5.99. The summed E-state index contributed by atoms with van der Waals surface area (Å²) in [4.78, 5) is 15.9. The van der Waals surface area contributed by atoms with Gasteiger partial charge < -0.3 is 9.64 Å². The van der Waals surface area contributed by atoms with Crippen LogP contribution in [0.1, 0.15) is 61.7 Å². The maximum absolute atomic E-state index is 13.5. The zero-order valence-corrected chi connectivity index (χ0v) is 15.8. The summed E-state index contributed by atoms with van der Waals surface area (Å²) in [7, 11) is 0. The van der Waals surface area contributed by atoms with Crippen LogP contribution in [0.25, 0.3) is 0 Å². The molecule has 1 atom stereocenters. The SMILES string of the molecule is N#CCCC1(CCC#N)C(=O)c2ccccc2OC1CCN1CCCCC1. The molecule has 0 aromatic heterocycles. The Bertz CT molecular complexity index is 723. The second-order valence-corrected chi connectivity index (χ2v) is 7.60. The Hall–Kier alpha value is -2.37. The fourth-order valence-electron chi connectivity index (χ4n) is 4.49. The standard InChI is InChI=1S/C22H27N3O2/c23-13-6-11-22(12-7-14-24)20(10-17-25-15-4-1-5-16-25)27-19-9-3-2-8-18(19)21(22)26/h2-3,8-9,20H,1,4-7,10-12,15-17H2. The number of carbonyl (C=O) groups excluding carboxylic acids is 1. The number of fused-ring (bicyclic) bond motifs is 1. The highest BCUT2D eigenvalue weighted by atomic mass is 16.5. The van der Waals surface area contributed by atoms with Crippen molar-refractivity contribution in [2.24, 2.45) is 5.41 Å². The van der Waals surface area contributed by atoms with Crippen molar-refractivity contribution >= 4 is 5.78 Å². The topological polar surface area (TPSA) is 77.1 Å².